The average molecular weight is 280 g/mol. The Hall–Kier alpha value is -2.14. The molecule has 0 aliphatic carbocycles. The molecule has 0 amide bonds. The lowest BCUT2D eigenvalue weighted by Gasteiger charge is -2.02. The van der Waals surface area contributed by atoms with Crippen LogP contribution in [0.15, 0.2) is 36.5 Å². The zero-order valence-electron chi connectivity index (χ0n) is 9.57. The SMILES string of the molecule is Nc1c(-c2c(F)cccc2F)nc2c(Cl)cccn12. The summed E-state index contributed by atoms with van der Waals surface area (Å²) < 4.78 is 29.0. The number of nitrogens with zero attached hydrogens (tertiary/aromatic N) is 2. The van der Waals surface area contributed by atoms with Crippen LogP contribution in [0, 0.1) is 11.6 Å². The van der Waals surface area contributed by atoms with Gasteiger partial charge in [-0.3, -0.25) is 4.40 Å². The number of hydrogen-bond acceptors (Lipinski definition) is 2. The Labute approximate surface area is 112 Å². The number of imidazole rings is 1. The van der Waals surface area contributed by atoms with Gasteiger partial charge in [-0.1, -0.05) is 17.7 Å². The van der Waals surface area contributed by atoms with E-state index in [1.165, 1.54) is 10.5 Å². The number of nitrogen functional groups attached to an aromatic ring is 1. The Morgan fingerprint density at radius 3 is 2.42 bits per heavy atom. The number of rotatable bonds is 1. The largest absolute Gasteiger partial charge is 0.383 e. The fourth-order valence-corrected chi connectivity index (χ4v) is 2.17. The third-order valence-electron chi connectivity index (χ3n) is 2.84. The molecular weight excluding hydrogens is 272 g/mol. The Balaban J connectivity index is 2.38. The molecule has 2 aromatic heterocycles. The first-order valence-corrected chi connectivity index (χ1v) is 5.84. The van der Waals surface area contributed by atoms with Crippen LogP contribution < -0.4 is 5.73 Å². The zero-order valence-corrected chi connectivity index (χ0v) is 10.3. The summed E-state index contributed by atoms with van der Waals surface area (Å²) in [6.07, 6.45) is 1.63. The van der Waals surface area contributed by atoms with Gasteiger partial charge < -0.3 is 5.73 Å². The molecule has 3 nitrogen and oxygen atoms in total. The molecule has 0 atom stereocenters. The summed E-state index contributed by atoms with van der Waals surface area (Å²) in [5, 5.41) is 0.359. The molecule has 3 aromatic rings. The van der Waals surface area contributed by atoms with Gasteiger partial charge in [0, 0.05) is 6.20 Å². The summed E-state index contributed by atoms with van der Waals surface area (Å²) in [5.74, 6) is -1.29. The molecule has 2 heterocycles. The highest BCUT2D eigenvalue weighted by Crippen LogP contribution is 2.32. The standard InChI is InChI=1S/C13H8ClF2N3/c14-7-3-2-6-19-12(17)11(18-13(7)19)10-8(15)4-1-5-9(10)16/h1-6H,17H2. The summed E-state index contributed by atoms with van der Waals surface area (Å²) >= 11 is 5.98. The van der Waals surface area contributed by atoms with Gasteiger partial charge in [0.15, 0.2) is 5.65 Å². The van der Waals surface area contributed by atoms with Crippen molar-refractivity contribution in [1.82, 2.24) is 9.38 Å². The number of hydrogen-bond donors (Lipinski definition) is 1. The minimum Gasteiger partial charge on any atom is -0.383 e. The lowest BCUT2D eigenvalue weighted by Crippen LogP contribution is -1.96. The highest BCUT2D eigenvalue weighted by atomic mass is 35.5. The predicted octanol–water partition coefficient (Wildman–Crippen LogP) is 3.52. The lowest BCUT2D eigenvalue weighted by atomic mass is 10.1. The number of benzene rings is 1. The summed E-state index contributed by atoms with van der Waals surface area (Å²) in [6.45, 7) is 0. The predicted molar refractivity (Wildman–Crippen MR) is 70.0 cm³/mol. The molecule has 19 heavy (non-hydrogen) atoms. The fraction of sp³-hybridized carbons (Fsp3) is 0. The van der Waals surface area contributed by atoms with Crippen LogP contribution in [0.2, 0.25) is 5.02 Å². The average Bonchev–Trinajstić information content (AvgIpc) is 2.69. The molecule has 0 unspecified atom stereocenters. The molecule has 96 valence electrons. The van der Waals surface area contributed by atoms with E-state index in [2.05, 4.69) is 4.98 Å². The molecule has 0 radical (unpaired) electrons. The van der Waals surface area contributed by atoms with Gasteiger partial charge in [-0.25, -0.2) is 13.8 Å². The van der Waals surface area contributed by atoms with Crippen molar-refractivity contribution in [3.05, 3.63) is 53.2 Å². The van der Waals surface area contributed by atoms with Crippen LogP contribution in [0.25, 0.3) is 16.9 Å². The van der Waals surface area contributed by atoms with Crippen LogP contribution in [0.4, 0.5) is 14.6 Å². The Morgan fingerprint density at radius 1 is 1.11 bits per heavy atom. The van der Waals surface area contributed by atoms with Crippen molar-refractivity contribution in [1.29, 1.82) is 0 Å². The summed E-state index contributed by atoms with van der Waals surface area (Å²) in [5.41, 5.74) is 6.04. The highest BCUT2D eigenvalue weighted by molar-refractivity contribution is 6.33. The summed E-state index contributed by atoms with van der Waals surface area (Å²) in [7, 11) is 0. The zero-order chi connectivity index (χ0) is 13.6. The van der Waals surface area contributed by atoms with Gasteiger partial charge in [-0.05, 0) is 24.3 Å². The van der Waals surface area contributed by atoms with E-state index in [-0.39, 0.29) is 17.1 Å². The van der Waals surface area contributed by atoms with Crippen LogP contribution in [0.5, 0.6) is 0 Å². The van der Waals surface area contributed by atoms with Crippen molar-refractivity contribution in [3.8, 4) is 11.3 Å². The second-order valence-corrected chi connectivity index (χ2v) is 4.40. The third-order valence-corrected chi connectivity index (χ3v) is 3.13. The Kier molecular flexibility index (Phi) is 2.64. The molecule has 0 spiro atoms. The topological polar surface area (TPSA) is 43.3 Å². The molecule has 1 aromatic carbocycles. The normalized spacial score (nSPS) is 11.1. The number of pyridine rings is 1. The smallest absolute Gasteiger partial charge is 0.157 e. The van der Waals surface area contributed by atoms with Crippen LogP contribution in [-0.4, -0.2) is 9.38 Å². The Bertz CT molecular complexity index is 763. The van der Waals surface area contributed by atoms with Crippen molar-refractivity contribution in [3.63, 3.8) is 0 Å². The molecular formula is C13H8ClF2N3. The molecule has 2 N–H and O–H groups in total. The van der Waals surface area contributed by atoms with E-state index >= 15 is 0 Å². The van der Waals surface area contributed by atoms with Crippen molar-refractivity contribution in [2.24, 2.45) is 0 Å². The monoisotopic (exact) mass is 279 g/mol. The van der Waals surface area contributed by atoms with E-state index in [4.69, 9.17) is 17.3 Å². The molecule has 0 fully saturated rings. The number of halogens is 3. The van der Waals surface area contributed by atoms with E-state index in [9.17, 15) is 8.78 Å². The van der Waals surface area contributed by atoms with Crippen molar-refractivity contribution < 1.29 is 8.78 Å². The van der Waals surface area contributed by atoms with Gasteiger partial charge in [0.2, 0.25) is 0 Å². The second-order valence-electron chi connectivity index (χ2n) is 3.99. The molecule has 6 heteroatoms. The number of nitrogens with two attached hydrogens (primary N) is 1. The summed E-state index contributed by atoms with van der Waals surface area (Å²) in [6, 6.07) is 6.90. The molecule has 0 bridgehead atoms. The molecule has 0 aliphatic heterocycles. The van der Waals surface area contributed by atoms with Gasteiger partial charge >= 0.3 is 0 Å². The van der Waals surface area contributed by atoms with Crippen LogP contribution >= 0.6 is 11.6 Å². The second kappa shape index (κ2) is 4.20. The van der Waals surface area contributed by atoms with Crippen molar-refractivity contribution in [2.75, 3.05) is 5.73 Å². The molecule has 0 aliphatic rings. The first kappa shape index (κ1) is 11.9. The van der Waals surface area contributed by atoms with Gasteiger partial charge in [-0.15, -0.1) is 0 Å². The minimum atomic E-state index is -0.716. The van der Waals surface area contributed by atoms with E-state index in [0.29, 0.717) is 10.7 Å². The summed E-state index contributed by atoms with van der Waals surface area (Å²) in [4.78, 5) is 4.13. The van der Waals surface area contributed by atoms with Gasteiger partial charge in [-0.2, -0.15) is 0 Å². The molecule has 0 saturated heterocycles. The van der Waals surface area contributed by atoms with Gasteiger partial charge in [0.05, 0.1) is 10.6 Å². The minimum absolute atomic E-state index is 0.0451. The van der Waals surface area contributed by atoms with Gasteiger partial charge in [0.25, 0.3) is 0 Å². The number of aromatic nitrogens is 2. The lowest BCUT2D eigenvalue weighted by molar-refractivity contribution is 0.589. The van der Waals surface area contributed by atoms with E-state index in [1.54, 1.807) is 18.3 Å². The maximum absolute atomic E-state index is 13.8. The maximum Gasteiger partial charge on any atom is 0.157 e. The maximum atomic E-state index is 13.8. The first-order chi connectivity index (χ1) is 9.09. The van der Waals surface area contributed by atoms with Crippen LogP contribution in [-0.2, 0) is 0 Å². The van der Waals surface area contributed by atoms with Crippen molar-refractivity contribution in [2.45, 2.75) is 0 Å². The van der Waals surface area contributed by atoms with E-state index in [0.717, 1.165) is 12.1 Å². The van der Waals surface area contributed by atoms with Crippen molar-refractivity contribution >= 4 is 23.1 Å². The van der Waals surface area contributed by atoms with E-state index in [1.807, 2.05) is 0 Å². The van der Waals surface area contributed by atoms with Gasteiger partial charge in [0.1, 0.15) is 23.1 Å². The number of fused-ring (bicyclic) bond motifs is 1. The molecule has 3 rings (SSSR count). The first-order valence-electron chi connectivity index (χ1n) is 5.46. The quantitative estimate of drug-likeness (QED) is 0.741. The van der Waals surface area contributed by atoms with Crippen LogP contribution in [0.1, 0.15) is 0 Å². The fourth-order valence-electron chi connectivity index (χ4n) is 1.96. The Morgan fingerprint density at radius 2 is 1.79 bits per heavy atom. The molecule has 0 saturated carbocycles. The van der Waals surface area contributed by atoms with Crippen LogP contribution in [0.3, 0.4) is 0 Å². The third kappa shape index (κ3) is 1.74. The number of anilines is 1. The van der Waals surface area contributed by atoms with E-state index < -0.39 is 11.6 Å². The highest BCUT2D eigenvalue weighted by Gasteiger charge is 2.19.